The van der Waals surface area contributed by atoms with E-state index in [9.17, 15) is 15.2 Å². The van der Waals surface area contributed by atoms with Gasteiger partial charge in [-0.2, -0.15) is 0 Å². The molecule has 0 aliphatic rings. The van der Waals surface area contributed by atoms with Crippen molar-refractivity contribution in [1.29, 1.82) is 0 Å². The summed E-state index contributed by atoms with van der Waals surface area (Å²) in [5.74, 6) is 0. The Bertz CT molecular complexity index is 614. The van der Waals surface area contributed by atoms with Gasteiger partial charge in [0.05, 0.1) is 21.9 Å². The fraction of sp³-hybridized carbons (Fsp3) is 0.357. The zero-order chi connectivity index (χ0) is 14.5. The monoisotopic (exact) mass is 275 g/mol. The molecule has 0 radical (unpaired) electrons. The molecular formula is C14H17N3O3. The van der Waals surface area contributed by atoms with Crippen LogP contribution in [-0.2, 0) is 0 Å². The molecule has 2 rings (SSSR count). The third-order valence-electron chi connectivity index (χ3n) is 3.05. The maximum absolute atomic E-state index is 11.3. The van der Waals surface area contributed by atoms with E-state index >= 15 is 0 Å². The van der Waals surface area contributed by atoms with E-state index < -0.39 is 0 Å². The average molecular weight is 275 g/mol. The third-order valence-corrected chi connectivity index (χ3v) is 3.05. The van der Waals surface area contributed by atoms with Gasteiger partial charge in [-0.05, 0) is 44.0 Å². The molecule has 0 bridgehead atoms. The Morgan fingerprint density at radius 3 is 2.95 bits per heavy atom. The molecule has 0 aliphatic carbocycles. The first kappa shape index (κ1) is 14.2. The molecule has 0 saturated carbocycles. The van der Waals surface area contributed by atoms with Crippen LogP contribution in [-0.4, -0.2) is 27.7 Å². The Labute approximate surface area is 116 Å². The molecule has 0 fully saturated rings. The Balaban J connectivity index is 2.24. The van der Waals surface area contributed by atoms with Crippen molar-refractivity contribution in [2.45, 2.75) is 25.9 Å². The summed E-state index contributed by atoms with van der Waals surface area (Å²) in [4.78, 5) is 15.0. The van der Waals surface area contributed by atoms with Crippen LogP contribution in [0.15, 0.2) is 30.5 Å². The SMILES string of the molecule is CC(O)CCCNc1ccc2ncccc2c1[N+](=O)[O-]. The summed E-state index contributed by atoms with van der Waals surface area (Å²) in [6.45, 7) is 2.31. The van der Waals surface area contributed by atoms with Crippen molar-refractivity contribution in [2.75, 3.05) is 11.9 Å². The molecule has 0 spiro atoms. The summed E-state index contributed by atoms with van der Waals surface area (Å²) in [7, 11) is 0. The molecule has 0 aliphatic heterocycles. The summed E-state index contributed by atoms with van der Waals surface area (Å²) in [5, 5.41) is 24.1. The minimum Gasteiger partial charge on any atom is -0.393 e. The van der Waals surface area contributed by atoms with Crippen molar-refractivity contribution in [3.8, 4) is 0 Å². The zero-order valence-corrected chi connectivity index (χ0v) is 11.2. The molecule has 0 saturated heterocycles. The summed E-state index contributed by atoms with van der Waals surface area (Å²) >= 11 is 0. The first-order valence-corrected chi connectivity index (χ1v) is 6.53. The van der Waals surface area contributed by atoms with Crippen LogP contribution in [0.4, 0.5) is 11.4 Å². The number of aliphatic hydroxyl groups is 1. The first-order chi connectivity index (χ1) is 9.59. The largest absolute Gasteiger partial charge is 0.393 e. The third kappa shape index (κ3) is 3.21. The second kappa shape index (κ2) is 6.29. The maximum Gasteiger partial charge on any atom is 0.301 e. The Morgan fingerprint density at radius 2 is 2.25 bits per heavy atom. The minimum atomic E-state index is -0.388. The van der Waals surface area contributed by atoms with E-state index in [-0.39, 0.29) is 16.7 Å². The van der Waals surface area contributed by atoms with Gasteiger partial charge in [0.25, 0.3) is 0 Å². The number of aromatic nitrogens is 1. The van der Waals surface area contributed by atoms with E-state index in [0.29, 0.717) is 29.6 Å². The second-order valence-corrected chi connectivity index (χ2v) is 4.71. The van der Waals surface area contributed by atoms with Crippen molar-refractivity contribution in [1.82, 2.24) is 4.98 Å². The van der Waals surface area contributed by atoms with Gasteiger partial charge in [-0.1, -0.05) is 0 Å². The number of nitro benzene ring substituents is 1. The van der Waals surface area contributed by atoms with E-state index in [2.05, 4.69) is 10.3 Å². The van der Waals surface area contributed by atoms with E-state index in [1.807, 2.05) is 0 Å². The maximum atomic E-state index is 11.3. The fourth-order valence-electron chi connectivity index (χ4n) is 2.10. The van der Waals surface area contributed by atoms with E-state index in [0.717, 1.165) is 6.42 Å². The number of hydrogen-bond donors (Lipinski definition) is 2. The van der Waals surface area contributed by atoms with Crippen LogP contribution >= 0.6 is 0 Å². The lowest BCUT2D eigenvalue weighted by Crippen LogP contribution is -2.08. The molecule has 1 heterocycles. The topological polar surface area (TPSA) is 88.3 Å². The molecule has 20 heavy (non-hydrogen) atoms. The normalized spacial score (nSPS) is 12.3. The smallest absolute Gasteiger partial charge is 0.301 e. The highest BCUT2D eigenvalue weighted by Gasteiger charge is 2.18. The molecule has 6 heteroatoms. The summed E-state index contributed by atoms with van der Waals surface area (Å²) in [5.41, 5.74) is 1.14. The number of nitro groups is 1. The molecule has 1 aromatic heterocycles. The van der Waals surface area contributed by atoms with Crippen LogP contribution in [0, 0.1) is 10.1 Å². The number of aliphatic hydroxyl groups excluding tert-OH is 1. The number of nitrogens with one attached hydrogen (secondary N) is 1. The highest BCUT2D eigenvalue weighted by Crippen LogP contribution is 2.32. The van der Waals surface area contributed by atoms with Crippen LogP contribution in [0.5, 0.6) is 0 Å². The second-order valence-electron chi connectivity index (χ2n) is 4.71. The molecule has 6 nitrogen and oxygen atoms in total. The standard InChI is InChI=1S/C14H17N3O3/c1-10(18)4-2-8-16-13-7-6-12-11(5-3-9-15-12)14(13)17(19)20/h3,5-7,9-10,16,18H,2,4,8H2,1H3. The Kier molecular flexibility index (Phi) is 4.47. The van der Waals surface area contributed by atoms with Crippen LogP contribution in [0.2, 0.25) is 0 Å². The molecule has 1 unspecified atom stereocenters. The van der Waals surface area contributed by atoms with Crippen LogP contribution < -0.4 is 5.32 Å². The van der Waals surface area contributed by atoms with Crippen LogP contribution in [0.3, 0.4) is 0 Å². The lowest BCUT2D eigenvalue weighted by molar-refractivity contribution is -0.382. The lowest BCUT2D eigenvalue weighted by atomic mass is 10.1. The molecule has 1 atom stereocenters. The van der Waals surface area contributed by atoms with Gasteiger partial charge in [0.2, 0.25) is 0 Å². The van der Waals surface area contributed by atoms with Crippen LogP contribution in [0.1, 0.15) is 19.8 Å². The number of anilines is 1. The highest BCUT2D eigenvalue weighted by molar-refractivity contribution is 5.94. The van der Waals surface area contributed by atoms with Crippen molar-refractivity contribution in [2.24, 2.45) is 0 Å². The van der Waals surface area contributed by atoms with Gasteiger partial charge < -0.3 is 10.4 Å². The quantitative estimate of drug-likeness (QED) is 0.480. The van der Waals surface area contributed by atoms with Gasteiger partial charge in [-0.15, -0.1) is 0 Å². The van der Waals surface area contributed by atoms with Crippen molar-refractivity contribution >= 4 is 22.3 Å². The fourth-order valence-corrected chi connectivity index (χ4v) is 2.10. The van der Waals surface area contributed by atoms with Gasteiger partial charge >= 0.3 is 5.69 Å². The van der Waals surface area contributed by atoms with E-state index in [4.69, 9.17) is 0 Å². The molecular weight excluding hydrogens is 258 g/mol. The Morgan fingerprint density at radius 1 is 1.45 bits per heavy atom. The number of fused-ring (bicyclic) bond motifs is 1. The number of hydrogen-bond acceptors (Lipinski definition) is 5. The van der Waals surface area contributed by atoms with E-state index in [1.165, 1.54) is 0 Å². The number of rotatable bonds is 6. The highest BCUT2D eigenvalue weighted by atomic mass is 16.6. The molecule has 1 aromatic carbocycles. The zero-order valence-electron chi connectivity index (χ0n) is 11.2. The van der Waals surface area contributed by atoms with Crippen molar-refractivity contribution < 1.29 is 10.0 Å². The summed E-state index contributed by atoms with van der Waals surface area (Å²) in [6, 6.07) is 6.82. The molecule has 0 amide bonds. The predicted octanol–water partition coefficient (Wildman–Crippen LogP) is 2.72. The number of pyridine rings is 1. The average Bonchev–Trinajstić information content (AvgIpc) is 2.42. The Hall–Kier alpha value is -2.21. The van der Waals surface area contributed by atoms with Gasteiger partial charge in [-0.25, -0.2) is 0 Å². The number of nitrogens with zero attached hydrogens (tertiary/aromatic N) is 2. The summed E-state index contributed by atoms with van der Waals surface area (Å²) in [6.07, 6.45) is 2.67. The lowest BCUT2D eigenvalue weighted by Gasteiger charge is -2.09. The molecule has 2 N–H and O–H groups in total. The number of benzene rings is 1. The van der Waals surface area contributed by atoms with Crippen molar-refractivity contribution in [3.63, 3.8) is 0 Å². The summed E-state index contributed by atoms with van der Waals surface area (Å²) < 4.78 is 0. The van der Waals surface area contributed by atoms with E-state index in [1.54, 1.807) is 37.4 Å². The van der Waals surface area contributed by atoms with Crippen LogP contribution in [0.25, 0.3) is 10.9 Å². The predicted molar refractivity (Wildman–Crippen MR) is 77.8 cm³/mol. The van der Waals surface area contributed by atoms with Gasteiger partial charge in [0, 0.05) is 12.7 Å². The van der Waals surface area contributed by atoms with Gasteiger partial charge in [-0.3, -0.25) is 15.1 Å². The first-order valence-electron chi connectivity index (χ1n) is 6.53. The molecule has 2 aromatic rings. The molecule has 106 valence electrons. The van der Waals surface area contributed by atoms with Crippen molar-refractivity contribution in [3.05, 3.63) is 40.6 Å². The van der Waals surface area contributed by atoms with Gasteiger partial charge in [0.15, 0.2) is 0 Å². The van der Waals surface area contributed by atoms with Gasteiger partial charge in [0.1, 0.15) is 5.69 Å². The minimum absolute atomic E-state index is 0.0487.